The van der Waals surface area contributed by atoms with Crippen molar-refractivity contribution in [3.8, 4) is 11.5 Å². The molecule has 7 atom stereocenters. The molecule has 64 heavy (non-hydrogen) atoms. The molecule has 10 heteroatoms. The van der Waals surface area contributed by atoms with Gasteiger partial charge in [0.1, 0.15) is 23.2 Å². The van der Waals surface area contributed by atoms with E-state index in [0.29, 0.717) is 36.5 Å². The molecule has 1 unspecified atom stereocenters. The molecule has 3 aromatic rings. The molecule has 2 aliphatic rings. The second-order valence-electron chi connectivity index (χ2n) is 20.8. The van der Waals surface area contributed by atoms with Crippen molar-refractivity contribution < 1.29 is 37.3 Å². The second-order valence-corrected chi connectivity index (χ2v) is 29.8. The van der Waals surface area contributed by atoms with E-state index in [-0.39, 0.29) is 46.3 Å². The highest BCUT2D eigenvalue weighted by Gasteiger charge is 2.52. The van der Waals surface area contributed by atoms with E-state index in [9.17, 15) is 0 Å². The monoisotopic (exact) mass is 913 g/mol. The first-order valence-corrected chi connectivity index (χ1v) is 28.6. The van der Waals surface area contributed by atoms with Crippen molar-refractivity contribution >= 4 is 33.0 Å². The Morgan fingerprint density at radius 1 is 0.828 bits per heavy atom. The molecule has 1 fully saturated rings. The lowest BCUT2D eigenvalue weighted by molar-refractivity contribution is -0.155. The molecule has 0 amide bonds. The fourth-order valence-electron chi connectivity index (χ4n) is 9.06. The summed E-state index contributed by atoms with van der Waals surface area (Å²) < 4.78 is 45.6. The molecule has 0 aromatic heterocycles. The van der Waals surface area contributed by atoms with Crippen molar-refractivity contribution in [1.82, 2.24) is 0 Å². The third-order valence-corrected chi connectivity index (χ3v) is 23.5. The van der Waals surface area contributed by atoms with E-state index in [1.807, 2.05) is 6.07 Å². The standard InChI is InChI=1S/C54H80O8Si2/c1-39-26-20-21-32-46(41(3)51(62-63(12,13)53(4,5)6)40(2)27-22-24-34-58-49-33-23-25-35-59-49)60-52(55)50-42(36-43(56-10)38-48(50)57-11)37-47(39)61-64(54(7,8)9,44-28-16-14-17-29-44)45-30-18-15-19-31-45/h14-22,24,28-31,36,38-41,46-47,49,51H,23,25-27,32-35,37H2,1-13H3/b21-20-,24-22-/t39-,40+,41+,46-,47+,49?,51+/m0/s1. The maximum atomic E-state index is 15.0. The van der Waals surface area contributed by atoms with Gasteiger partial charge < -0.3 is 32.5 Å². The molecule has 8 nitrogen and oxygen atoms in total. The number of fused-ring (bicyclic) bond motifs is 1. The third kappa shape index (κ3) is 12.7. The number of hydrogen-bond acceptors (Lipinski definition) is 8. The maximum absolute atomic E-state index is 15.0. The van der Waals surface area contributed by atoms with Gasteiger partial charge in [0, 0.05) is 25.0 Å². The third-order valence-electron chi connectivity index (χ3n) is 14.0. The van der Waals surface area contributed by atoms with Gasteiger partial charge in [0.25, 0.3) is 8.32 Å². The van der Waals surface area contributed by atoms with Gasteiger partial charge in [0.2, 0.25) is 0 Å². The molecule has 0 saturated carbocycles. The number of methoxy groups -OCH3 is 2. The smallest absolute Gasteiger partial charge is 0.342 e. The first-order valence-electron chi connectivity index (χ1n) is 23.8. The molecule has 3 aromatic carbocycles. The van der Waals surface area contributed by atoms with E-state index in [4.69, 9.17) is 32.5 Å². The topological polar surface area (TPSA) is 81.7 Å². The van der Waals surface area contributed by atoms with Crippen molar-refractivity contribution in [3.63, 3.8) is 0 Å². The minimum absolute atomic E-state index is 0.00792. The predicted octanol–water partition coefficient (Wildman–Crippen LogP) is 11.9. The minimum Gasteiger partial charge on any atom is -0.497 e. The van der Waals surface area contributed by atoms with E-state index in [0.717, 1.165) is 44.3 Å². The lowest BCUT2D eigenvalue weighted by Crippen LogP contribution is -2.68. The second kappa shape index (κ2) is 22.8. The Labute approximate surface area is 388 Å². The van der Waals surface area contributed by atoms with Gasteiger partial charge in [0.05, 0.1) is 33.0 Å². The number of carbonyl (C=O) groups is 1. The SMILES string of the molecule is COc1cc2c(c(OC)c1)C(=O)O[C@H]([C@@H](C)[C@H](O[Si](C)(C)C(C)(C)C)[C@H](C)C/C=C\COC1CCCCO1)C/C=C\C[C@H](C)[C@H](O[Si](c1ccccc1)(c1ccccc1)C(C)(C)C)C2. The number of rotatable bonds is 16. The number of ether oxygens (including phenoxy) is 5. The zero-order valence-electron chi connectivity index (χ0n) is 41.4. The van der Waals surface area contributed by atoms with Crippen LogP contribution in [0.3, 0.4) is 0 Å². The van der Waals surface area contributed by atoms with Gasteiger partial charge in [-0.1, -0.05) is 147 Å². The van der Waals surface area contributed by atoms with Gasteiger partial charge in [0.15, 0.2) is 14.6 Å². The summed E-state index contributed by atoms with van der Waals surface area (Å²) in [5, 5.41) is 2.18. The quantitative estimate of drug-likeness (QED) is 0.0799. The molecule has 2 heterocycles. The van der Waals surface area contributed by atoms with E-state index in [1.165, 1.54) is 10.4 Å². The van der Waals surface area contributed by atoms with Gasteiger partial charge in [-0.15, -0.1) is 0 Å². The van der Waals surface area contributed by atoms with Crippen LogP contribution in [0.25, 0.3) is 0 Å². The highest BCUT2D eigenvalue weighted by Crippen LogP contribution is 2.43. The van der Waals surface area contributed by atoms with Crippen LogP contribution in [0, 0.1) is 17.8 Å². The van der Waals surface area contributed by atoms with Crippen molar-refractivity contribution in [2.24, 2.45) is 17.8 Å². The molecule has 5 rings (SSSR count). The fraction of sp³-hybridized carbons (Fsp3) is 0.574. The van der Waals surface area contributed by atoms with E-state index in [2.05, 4.69) is 160 Å². The van der Waals surface area contributed by atoms with Crippen LogP contribution < -0.4 is 19.8 Å². The van der Waals surface area contributed by atoms with Crippen LogP contribution in [-0.2, 0) is 29.5 Å². The van der Waals surface area contributed by atoms with Gasteiger partial charge in [-0.3, -0.25) is 0 Å². The molecule has 352 valence electrons. The Kier molecular flexibility index (Phi) is 18.3. The summed E-state index contributed by atoms with van der Waals surface area (Å²) in [5.41, 5.74) is 1.19. The number of allylic oxidation sites excluding steroid dienone is 2. The average molecular weight is 913 g/mol. The lowest BCUT2D eigenvalue weighted by Gasteiger charge is -2.46. The number of benzene rings is 3. The summed E-state index contributed by atoms with van der Waals surface area (Å²) in [5.74, 6) is 0.711. The van der Waals surface area contributed by atoms with Crippen LogP contribution >= 0.6 is 0 Å². The molecule has 0 aliphatic carbocycles. The zero-order chi connectivity index (χ0) is 46.7. The molecule has 0 bridgehead atoms. The minimum atomic E-state index is -2.99. The molecular formula is C54H80O8Si2. The molecule has 0 radical (unpaired) electrons. The van der Waals surface area contributed by atoms with Crippen LogP contribution in [0.2, 0.25) is 23.2 Å². The van der Waals surface area contributed by atoms with E-state index >= 15 is 4.79 Å². The molecule has 2 aliphatic heterocycles. The Morgan fingerprint density at radius 2 is 1.47 bits per heavy atom. The molecular weight excluding hydrogens is 833 g/mol. The first kappa shape index (κ1) is 51.5. The highest BCUT2D eigenvalue weighted by molar-refractivity contribution is 6.99. The van der Waals surface area contributed by atoms with E-state index in [1.54, 1.807) is 20.3 Å². The Bertz CT molecular complexity index is 1920. The van der Waals surface area contributed by atoms with Crippen LogP contribution in [0.4, 0.5) is 0 Å². The largest absolute Gasteiger partial charge is 0.497 e. The summed E-state index contributed by atoms with van der Waals surface area (Å²) in [4.78, 5) is 15.0. The average Bonchev–Trinajstić information content (AvgIpc) is 3.26. The van der Waals surface area contributed by atoms with Gasteiger partial charge >= 0.3 is 5.97 Å². The van der Waals surface area contributed by atoms with Crippen LogP contribution in [0.1, 0.15) is 117 Å². The van der Waals surface area contributed by atoms with Gasteiger partial charge in [-0.05, 0) is 95.5 Å². The highest BCUT2D eigenvalue weighted by atomic mass is 28.4. The molecule has 0 spiro atoms. The zero-order valence-corrected chi connectivity index (χ0v) is 43.4. The Hall–Kier alpha value is -3.52. The van der Waals surface area contributed by atoms with Gasteiger partial charge in [-0.2, -0.15) is 0 Å². The summed E-state index contributed by atoms with van der Waals surface area (Å²) >= 11 is 0. The Balaban J connectivity index is 1.54. The van der Waals surface area contributed by atoms with Crippen molar-refractivity contribution in [3.05, 3.63) is 108 Å². The summed E-state index contributed by atoms with van der Waals surface area (Å²) in [6.07, 6.45) is 13.5. The normalized spacial score (nSPS) is 22.6. The van der Waals surface area contributed by atoms with E-state index < -0.39 is 28.7 Å². The summed E-state index contributed by atoms with van der Waals surface area (Å²) in [6.45, 7) is 26.4. The van der Waals surface area contributed by atoms with Crippen LogP contribution in [0.5, 0.6) is 11.5 Å². The van der Waals surface area contributed by atoms with Crippen molar-refractivity contribution in [1.29, 1.82) is 0 Å². The molecule has 0 N–H and O–H groups in total. The Morgan fingerprint density at radius 3 is 2.03 bits per heavy atom. The number of hydrogen-bond donors (Lipinski definition) is 0. The predicted molar refractivity (Wildman–Crippen MR) is 266 cm³/mol. The van der Waals surface area contributed by atoms with Crippen LogP contribution in [0.15, 0.2) is 97.1 Å². The van der Waals surface area contributed by atoms with Crippen molar-refractivity contribution in [2.45, 2.75) is 155 Å². The first-order chi connectivity index (χ1) is 30.3. The number of esters is 1. The fourth-order valence-corrected chi connectivity index (χ4v) is 15.3. The number of cyclic esters (lactones) is 1. The van der Waals surface area contributed by atoms with Gasteiger partial charge in [-0.25, -0.2) is 4.79 Å². The van der Waals surface area contributed by atoms with Crippen LogP contribution in [-0.4, -0.2) is 74.6 Å². The summed E-state index contributed by atoms with van der Waals surface area (Å²) in [6, 6.07) is 25.3. The summed E-state index contributed by atoms with van der Waals surface area (Å²) in [7, 11) is -2.00. The number of carbonyl (C=O) groups excluding carboxylic acids is 1. The lowest BCUT2D eigenvalue weighted by atomic mass is 9.85. The maximum Gasteiger partial charge on any atom is 0.342 e. The molecule has 1 saturated heterocycles. The van der Waals surface area contributed by atoms with Crippen molar-refractivity contribution in [2.75, 3.05) is 27.4 Å².